The Kier molecular flexibility index (Phi) is 5.29. The average Bonchev–Trinajstić information content (AvgIpc) is 2.42. The van der Waals surface area contributed by atoms with E-state index >= 15 is 0 Å². The van der Waals surface area contributed by atoms with Crippen LogP contribution in [0.4, 0.5) is 5.69 Å². The Morgan fingerprint density at radius 3 is 2.24 bits per heavy atom. The van der Waals surface area contributed by atoms with E-state index in [1.54, 1.807) is 6.92 Å². The molecule has 140 valence electrons. The largest absolute Gasteiger partial charge is 0.412 e. The summed E-state index contributed by atoms with van der Waals surface area (Å²) in [7, 11) is -1.87. The van der Waals surface area contributed by atoms with Crippen LogP contribution in [0.5, 0.6) is 0 Å². The van der Waals surface area contributed by atoms with E-state index in [2.05, 4.69) is 72.8 Å². The van der Waals surface area contributed by atoms with Crippen molar-refractivity contribution in [2.45, 2.75) is 84.5 Å². The molecule has 0 saturated carbocycles. The number of carbonyl (C=O) groups is 1. The number of benzene rings is 1. The summed E-state index contributed by atoms with van der Waals surface area (Å²) in [6, 6.07) is 6.54. The van der Waals surface area contributed by atoms with Crippen molar-refractivity contribution >= 4 is 19.9 Å². The predicted octanol–water partition coefficient (Wildman–Crippen LogP) is 5.28. The minimum atomic E-state index is -1.87. The highest BCUT2D eigenvalue weighted by Crippen LogP contribution is 2.39. The maximum absolute atomic E-state index is 12.2. The first-order chi connectivity index (χ1) is 11.2. The number of fused-ring (bicyclic) bond motifs is 1. The van der Waals surface area contributed by atoms with Crippen LogP contribution in [-0.2, 0) is 21.1 Å². The van der Waals surface area contributed by atoms with E-state index in [-0.39, 0.29) is 22.5 Å². The molecule has 0 aliphatic carbocycles. The zero-order valence-corrected chi connectivity index (χ0v) is 18.5. The molecule has 0 radical (unpaired) electrons. The fourth-order valence-electron chi connectivity index (χ4n) is 3.06. The second-order valence-electron chi connectivity index (χ2n) is 9.93. The van der Waals surface area contributed by atoms with E-state index in [1.807, 2.05) is 4.90 Å². The molecule has 0 saturated heterocycles. The van der Waals surface area contributed by atoms with Crippen LogP contribution >= 0.6 is 0 Å². The topological polar surface area (TPSA) is 29.5 Å². The van der Waals surface area contributed by atoms with Crippen LogP contribution in [0.1, 0.15) is 59.6 Å². The molecule has 0 bridgehead atoms. The van der Waals surface area contributed by atoms with E-state index in [4.69, 9.17) is 4.43 Å². The maximum Gasteiger partial charge on any atom is 0.223 e. The molecule has 25 heavy (non-hydrogen) atoms. The van der Waals surface area contributed by atoms with Crippen molar-refractivity contribution in [1.82, 2.24) is 0 Å². The van der Waals surface area contributed by atoms with Crippen LogP contribution in [0.2, 0.25) is 18.1 Å². The Labute approximate surface area is 154 Å². The molecule has 0 fully saturated rings. The monoisotopic (exact) mass is 361 g/mol. The summed E-state index contributed by atoms with van der Waals surface area (Å²) in [4.78, 5) is 14.1. The van der Waals surface area contributed by atoms with Gasteiger partial charge in [0, 0.05) is 19.0 Å². The molecule has 0 aromatic heterocycles. The first kappa shape index (κ1) is 20.2. The second kappa shape index (κ2) is 6.55. The Morgan fingerprint density at radius 2 is 1.76 bits per heavy atom. The number of anilines is 1. The van der Waals surface area contributed by atoms with Gasteiger partial charge in [0.1, 0.15) is 0 Å². The zero-order chi connectivity index (χ0) is 19.2. The third-order valence-corrected chi connectivity index (χ3v) is 10.3. The van der Waals surface area contributed by atoms with Crippen LogP contribution in [-0.4, -0.2) is 26.9 Å². The van der Waals surface area contributed by atoms with E-state index in [0.29, 0.717) is 6.54 Å². The van der Waals surface area contributed by atoms with Gasteiger partial charge in [-0.25, -0.2) is 0 Å². The van der Waals surface area contributed by atoms with Crippen LogP contribution in [0.15, 0.2) is 18.2 Å². The molecule has 3 nitrogen and oxygen atoms in total. The van der Waals surface area contributed by atoms with Crippen LogP contribution in [0, 0.1) is 0 Å². The van der Waals surface area contributed by atoms with E-state index in [1.165, 1.54) is 11.1 Å². The molecule has 1 aliphatic rings. The Morgan fingerprint density at radius 1 is 1.16 bits per heavy atom. The van der Waals surface area contributed by atoms with Crippen molar-refractivity contribution in [3.8, 4) is 0 Å². The first-order valence-electron chi connectivity index (χ1n) is 9.32. The average molecular weight is 362 g/mol. The summed E-state index contributed by atoms with van der Waals surface area (Å²) in [5, 5.41) is 0.168. The molecule has 0 spiro atoms. The highest BCUT2D eigenvalue weighted by molar-refractivity contribution is 6.74. The zero-order valence-electron chi connectivity index (χ0n) is 17.5. The predicted molar refractivity (Wildman–Crippen MR) is 109 cm³/mol. The molecular weight excluding hydrogens is 326 g/mol. The van der Waals surface area contributed by atoms with Crippen molar-refractivity contribution in [3.63, 3.8) is 0 Å². The van der Waals surface area contributed by atoms with Gasteiger partial charge in [0.2, 0.25) is 5.91 Å². The second-order valence-corrected chi connectivity index (χ2v) is 14.7. The number of rotatable bonds is 2. The highest BCUT2D eigenvalue weighted by Gasteiger charge is 2.41. The van der Waals surface area contributed by atoms with Gasteiger partial charge in [-0.2, -0.15) is 0 Å². The Bertz CT molecular complexity index is 653. The van der Waals surface area contributed by atoms with E-state index in [9.17, 15) is 4.79 Å². The third-order valence-electron chi connectivity index (χ3n) is 5.72. The molecule has 1 aromatic rings. The van der Waals surface area contributed by atoms with Crippen molar-refractivity contribution in [1.29, 1.82) is 0 Å². The lowest BCUT2D eigenvalue weighted by Crippen LogP contribution is -2.50. The van der Waals surface area contributed by atoms with E-state index in [0.717, 1.165) is 12.1 Å². The van der Waals surface area contributed by atoms with Gasteiger partial charge in [0.25, 0.3) is 0 Å². The van der Waals surface area contributed by atoms with Crippen molar-refractivity contribution in [3.05, 3.63) is 29.3 Å². The number of hydrogen-bond acceptors (Lipinski definition) is 2. The van der Waals surface area contributed by atoms with Crippen molar-refractivity contribution < 1.29 is 9.22 Å². The summed E-state index contributed by atoms with van der Waals surface area (Å²) < 4.78 is 6.65. The molecular formula is C21H35NO2Si. The van der Waals surface area contributed by atoms with Gasteiger partial charge < -0.3 is 9.33 Å². The van der Waals surface area contributed by atoms with Gasteiger partial charge in [-0.15, -0.1) is 0 Å². The minimum absolute atomic E-state index is 0.0764. The fraction of sp³-hybridized carbons (Fsp3) is 0.667. The standard InChI is InChI=1S/C21H35NO2Si/c1-15(23)22-14-18(24-25(8,9)21(5,6)7)13-16-12-17(20(2,3)4)10-11-19(16)22/h10-12,18H,13-14H2,1-9H3/t18-/m1/s1. The Balaban J connectivity index is 2.37. The summed E-state index contributed by atoms with van der Waals surface area (Å²) >= 11 is 0. The normalized spacial score (nSPS) is 18.9. The molecule has 2 rings (SSSR count). The molecule has 1 atom stereocenters. The highest BCUT2D eigenvalue weighted by atomic mass is 28.4. The number of carbonyl (C=O) groups excluding carboxylic acids is 1. The lowest BCUT2D eigenvalue weighted by Gasteiger charge is -2.43. The fourth-order valence-corrected chi connectivity index (χ4v) is 4.41. The third kappa shape index (κ3) is 4.35. The molecule has 0 unspecified atom stereocenters. The summed E-state index contributed by atoms with van der Waals surface area (Å²) in [6.45, 7) is 20.3. The van der Waals surface area contributed by atoms with Crippen LogP contribution in [0.25, 0.3) is 0 Å². The molecule has 0 N–H and O–H groups in total. The summed E-state index contributed by atoms with van der Waals surface area (Å²) in [5.74, 6) is 0.0910. The maximum atomic E-state index is 12.2. The van der Waals surface area contributed by atoms with Crippen molar-refractivity contribution in [2.75, 3.05) is 11.4 Å². The molecule has 1 aliphatic heterocycles. The smallest absolute Gasteiger partial charge is 0.223 e. The first-order valence-corrected chi connectivity index (χ1v) is 12.2. The van der Waals surface area contributed by atoms with Gasteiger partial charge in [0.05, 0.1) is 12.6 Å². The van der Waals surface area contributed by atoms with Gasteiger partial charge in [-0.3, -0.25) is 4.79 Å². The summed E-state index contributed by atoms with van der Waals surface area (Å²) in [6.07, 6.45) is 0.961. The molecule has 1 heterocycles. The lowest BCUT2D eigenvalue weighted by molar-refractivity contribution is -0.117. The quantitative estimate of drug-likeness (QED) is 0.670. The van der Waals surface area contributed by atoms with Crippen LogP contribution < -0.4 is 4.90 Å². The molecule has 4 heteroatoms. The SMILES string of the molecule is CC(=O)N1C[C@H](O[Si](C)(C)C(C)(C)C)Cc2cc(C(C)(C)C)ccc21. The number of hydrogen-bond donors (Lipinski definition) is 0. The van der Waals surface area contributed by atoms with Gasteiger partial charge >= 0.3 is 0 Å². The molecule has 1 amide bonds. The number of nitrogens with zero attached hydrogens (tertiary/aromatic N) is 1. The van der Waals surface area contributed by atoms with Crippen molar-refractivity contribution in [2.24, 2.45) is 0 Å². The Hall–Kier alpha value is -1.13. The molecule has 1 aromatic carbocycles. The van der Waals surface area contributed by atoms with Gasteiger partial charge in [0.15, 0.2) is 8.32 Å². The van der Waals surface area contributed by atoms with E-state index < -0.39 is 8.32 Å². The number of amides is 1. The van der Waals surface area contributed by atoms with Gasteiger partial charge in [-0.1, -0.05) is 53.7 Å². The van der Waals surface area contributed by atoms with Gasteiger partial charge in [-0.05, 0) is 40.7 Å². The lowest BCUT2D eigenvalue weighted by atomic mass is 9.84. The van der Waals surface area contributed by atoms with Crippen LogP contribution in [0.3, 0.4) is 0 Å². The minimum Gasteiger partial charge on any atom is -0.412 e. The summed E-state index contributed by atoms with van der Waals surface area (Å²) in [5.41, 5.74) is 3.69.